The van der Waals surface area contributed by atoms with E-state index in [0.717, 1.165) is 13.1 Å². The Morgan fingerprint density at radius 1 is 1.31 bits per heavy atom. The van der Waals surface area contributed by atoms with Crippen LogP contribution in [0, 0.1) is 6.92 Å². The van der Waals surface area contributed by atoms with Crippen molar-refractivity contribution in [3.8, 4) is 0 Å². The first-order chi connectivity index (χ1) is 6.31. The molecule has 1 aliphatic rings. The number of hydrogen-bond acceptors (Lipinski definition) is 2. The van der Waals surface area contributed by atoms with Crippen molar-refractivity contribution in [2.45, 2.75) is 13.0 Å². The number of nitrogens with zero attached hydrogens (tertiary/aromatic N) is 1. The van der Waals surface area contributed by atoms with Crippen LogP contribution in [-0.2, 0) is 0 Å². The fourth-order valence-corrected chi connectivity index (χ4v) is 1.78. The Morgan fingerprint density at radius 3 is 2.62 bits per heavy atom. The van der Waals surface area contributed by atoms with Gasteiger partial charge in [-0.3, -0.25) is 0 Å². The zero-order chi connectivity index (χ0) is 9.26. The lowest BCUT2D eigenvalue weighted by molar-refractivity contribution is 0.450. The molecule has 1 aliphatic heterocycles. The topological polar surface area (TPSA) is 15.3 Å². The fraction of sp³-hybridized carbons (Fsp3) is 0.455. The molecule has 1 aromatic carbocycles. The van der Waals surface area contributed by atoms with Gasteiger partial charge in [-0.25, -0.2) is 0 Å². The predicted molar refractivity (Wildman–Crippen MR) is 56.2 cm³/mol. The van der Waals surface area contributed by atoms with Crippen molar-refractivity contribution >= 4 is 5.69 Å². The van der Waals surface area contributed by atoms with Gasteiger partial charge in [-0.05, 0) is 25.6 Å². The van der Waals surface area contributed by atoms with Crippen LogP contribution in [0.5, 0.6) is 0 Å². The van der Waals surface area contributed by atoms with Crippen LogP contribution < -0.4 is 10.2 Å². The molecule has 1 aromatic rings. The van der Waals surface area contributed by atoms with E-state index in [1.54, 1.807) is 0 Å². The Hall–Kier alpha value is -1.02. The molecule has 2 rings (SSSR count). The van der Waals surface area contributed by atoms with E-state index in [1.165, 1.54) is 11.3 Å². The summed E-state index contributed by atoms with van der Waals surface area (Å²) in [6.07, 6.45) is 0. The SMILES string of the molecule is CNC1CN(c2ccccc2C)C1. The van der Waals surface area contributed by atoms with Crippen molar-refractivity contribution in [2.24, 2.45) is 0 Å². The second-order valence-corrected chi connectivity index (χ2v) is 3.68. The molecule has 0 radical (unpaired) electrons. The number of aryl methyl sites for hydroxylation is 1. The average molecular weight is 176 g/mol. The summed E-state index contributed by atoms with van der Waals surface area (Å²) in [5.41, 5.74) is 2.76. The number of hydrogen-bond donors (Lipinski definition) is 1. The van der Waals surface area contributed by atoms with Crippen LogP contribution in [0.2, 0.25) is 0 Å². The van der Waals surface area contributed by atoms with Gasteiger partial charge in [0.25, 0.3) is 0 Å². The number of benzene rings is 1. The summed E-state index contributed by atoms with van der Waals surface area (Å²) < 4.78 is 0. The van der Waals surface area contributed by atoms with Crippen LogP contribution in [0.25, 0.3) is 0 Å². The van der Waals surface area contributed by atoms with Crippen molar-refractivity contribution in [1.82, 2.24) is 5.32 Å². The summed E-state index contributed by atoms with van der Waals surface area (Å²) in [7, 11) is 2.03. The van der Waals surface area contributed by atoms with Gasteiger partial charge in [-0.15, -0.1) is 0 Å². The minimum absolute atomic E-state index is 0.680. The summed E-state index contributed by atoms with van der Waals surface area (Å²) >= 11 is 0. The number of nitrogens with one attached hydrogen (secondary N) is 1. The second-order valence-electron chi connectivity index (χ2n) is 3.68. The zero-order valence-electron chi connectivity index (χ0n) is 8.25. The largest absolute Gasteiger partial charge is 0.368 e. The molecule has 1 N–H and O–H groups in total. The van der Waals surface area contributed by atoms with Crippen molar-refractivity contribution in [1.29, 1.82) is 0 Å². The van der Waals surface area contributed by atoms with Gasteiger partial charge in [0.2, 0.25) is 0 Å². The summed E-state index contributed by atoms with van der Waals surface area (Å²) in [5.74, 6) is 0. The molecule has 0 aromatic heterocycles. The molecule has 0 amide bonds. The lowest BCUT2D eigenvalue weighted by atomic mass is 10.1. The molecule has 0 atom stereocenters. The van der Waals surface area contributed by atoms with Crippen LogP contribution in [0.3, 0.4) is 0 Å². The van der Waals surface area contributed by atoms with Crippen molar-refractivity contribution < 1.29 is 0 Å². The fourth-order valence-electron chi connectivity index (χ4n) is 1.78. The molecule has 0 aliphatic carbocycles. The third-order valence-electron chi connectivity index (χ3n) is 2.75. The molecule has 2 heteroatoms. The van der Waals surface area contributed by atoms with Gasteiger partial charge in [-0.2, -0.15) is 0 Å². The van der Waals surface area contributed by atoms with Crippen molar-refractivity contribution in [3.05, 3.63) is 29.8 Å². The Balaban J connectivity index is 2.07. The molecular weight excluding hydrogens is 160 g/mol. The van der Waals surface area contributed by atoms with E-state index < -0.39 is 0 Å². The predicted octanol–water partition coefficient (Wildman–Crippen LogP) is 1.40. The highest BCUT2D eigenvalue weighted by Crippen LogP contribution is 2.23. The average Bonchev–Trinajstić information content (AvgIpc) is 2.06. The molecule has 0 spiro atoms. The van der Waals surface area contributed by atoms with Gasteiger partial charge in [0.15, 0.2) is 0 Å². The van der Waals surface area contributed by atoms with Crippen LogP contribution in [0.4, 0.5) is 5.69 Å². The first kappa shape index (κ1) is 8.57. The van der Waals surface area contributed by atoms with E-state index in [-0.39, 0.29) is 0 Å². The van der Waals surface area contributed by atoms with E-state index in [0.29, 0.717) is 6.04 Å². The first-order valence-electron chi connectivity index (χ1n) is 4.79. The zero-order valence-corrected chi connectivity index (χ0v) is 8.25. The standard InChI is InChI=1S/C11H16N2/c1-9-5-3-4-6-11(9)13-7-10(8-13)12-2/h3-6,10,12H,7-8H2,1-2H3. The van der Waals surface area contributed by atoms with Crippen LogP contribution in [0.1, 0.15) is 5.56 Å². The third kappa shape index (κ3) is 1.54. The maximum absolute atomic E-state index is 3.28. The first-order valence-corrected chi connectivity index (χ1v) is 4.79. The lowest BCUT2D eigenvalue weighted by Gasteiger charge is -2.41. The number of likely N-dealkylation sites (N-methyl/N-ethyl adjacent to an activating group) is 1. The van der Waals surface area contributed by atoms with Gasteiger partial charge >= 0.3 is 0 Å². The van der Waals surface area contributed by atoms with E-state index in [1.807, 2.05) is 7.05 Å². The van der Waals surface area contributed by atoms with Gasteiger partial charge in [0.1, 0.15) is 0 Å². The Labute approximate surface area is 79.6 Å². The van der Waals surface area contributed by atoms with Gasteiger partial charge < -0.3 is 10.2 Å². The van der Waals surface area contributed by atoms with Crippen LogP contribution >= 0.6 is 0 Å². The molecule has 0 bridgehead atoms. The third-order valence-corrected chi connectivity index (χ3v) is 2.75. The van der Waals surface area contributed by atoms with Crippen molar-refractivity contribution in [2.75, 3.05) is 25.0 Å². The molecule has 0 saturated carbocycles. The second kappa shape index (κ2) is 3.38. The van der Waals surface area contributed by atoms with Gasteiger partial charge in [0.05, 0.1) is 0 Å². The maximum atomic E-state index is 3.28. The molecule has 70 valence electrons. The van der Waals surface area contributed by atoms with Crippen LogP contribution in [-0.4, -0.2) is 26.2 Å². The highest BCUT2D eigenvalue weighted by atomic mass is 15.2. The minimum atomic E-state index is 0.680. The molecule has 1 heterocycles. The van der Waals surface area contributed by atoms with Gasteiger partial charge in [0, 0.05) is 24.8 Å². The molecule has 1 fully saturated rings. The molecule has 13 heavy (non-hydrogen) atoms. The molecule has 2 nitrogen and oxygen atoms in total. The molecule has 1 saturated heterocycles. The van der Waals surface area contributed by atoms with Crippen molar-refractivity contribution in [3.63, 3.8) is 0 Å². The summed E-state index contributed by atoms with van der Waals surface area (Å²) in [6, 6.07) is 9.24. The van der Waals surface area contributed by atoms with Gasteiger partial charge in [-0.1, -0.05) is 18.2 Å². The normalized spacial score (nSPS) is 17.2. The Morgan fingerprint density at radius 2 is 2.00 bits per heavy atom. The van der Waals surface area contributed by atoms with E-state index in [9.17, 15) is 0 Å². The van der Waals surface area contributed by atoms with E-state index >= 15 is 0 Å². The minimum Gasteiger partial charge on any atom is -0.368 e. The summed E-state index contributed by atoms with van der Waals surface area (Å²) in [4.78, 5) is 2.41. The highest BCUT2D eigenvalue weighted by molar-refractivity contribution is 5.55. The molecule has 0 unspecified atom stereocenters. The number of rotatable bonds is 2. The number of anilines is 1. The Kier molecular flexibility index (Phi) is 2.23. The number of para-hydroxylation sites is 1. The smallest absolute Gasteiger partial charge is 0.0418 e. The summed E-state index contributed by atoms with van der Waals surface area (Å²) in [6.45, 7) is 4.45. The highest BCUT2D eigenvalue weighted by Gasteiger charge is 2.25. The quantitative estimate of drug-likeness (QED) is 0.733. The van der Waals surface area contributed by atoms with E-state index in [4.69, 9.17) is 0 Å². The lowest BCUT2D eigenvalue weighted by Crippen LogP contribution is -2.57. The monoisotopic (exact) mass is 176 g/mol. The Bertz CT molecular complexity index is 290. The van der Waals surface area contributed by atoms with Crippen LogP contribution in [0.15, 0.2) is 24.3 Å². The molecular formula is C11H16N2. The maximum Gasteiger partial charge on any atom is 0.0418 e. The summed E-state index contributed by atoms with van der Waals surface area (Å²) in [5, 5.41) is 3.28. The van der Waals surface area contributed by atoms with E-state index in [2.05, 4.69) is 41.4 Å².